The van der Waals surface area contributed by atoms with Crippen LogP contribution in [0.2, 0.25) is 0 Å². The number of nitrogens with zero attached hydrogens (tertiary/aromatic N) is 1. The molecule has 1 saturated carbocycles. The van der Waals surface area contributed by atoms with Crippen LogP contribution in [-0.2, 0) is 9.59 Å². The number of likely N-dealkylation sites (tertiary alicyclic amines) is 1. The van der Waals surface area contributed by atoms with Crippen LogP contribution in [0.5, 0.6) is 0 Å². The average molecular weight is 252 g/mol. The highest BCUT2D eigenvalue weighted by Gasteiger charge is 2.24. The summed E-state index contributed by atoms with van der Waals surface area (Å²) in [5.74, 6) is 0.673. The van der Waals surface area contributed by atoms with Gasteiger partial charge in [0.25, 0.3) is 0 Å². The highest BCUT2D eigenvalue weighted by atomic mass is 16.2. The Balaban J connectivity index is 1.67. The average Bonchev–Trinajstić information content (AvgIpc) is 2.82. The van der Waals surface area contributed by atoms with E-state index in [1.807, 2.05) is 0 Å². The largest absolute Gasteiger partial charge is 0.352 e. The molecule has 0 aromatic heterocycles. The van der Waals surface area contributed by atoms with E-state index in [2.05, 4.69) is 10.2 Å². The van der Waals surface area contributed by atoms with Crippen molar-refractivity contribution in [1.29, 1.82) is 0 Å². The lowest BCUT2D eigenvalue weighted by molar-refractivity contribution is -0.124. The molecule has 1 amide bonds. The molecular weight excluding hydrogens is 228 g/mol. The van der Waals surface area contributed by atoms with E-state index in [1.165, 1.54) is 12.8 Å². The summed E-state index contributed by atoms with van der Waals surface area (Å²) >= 11 is 0. The van der Waals surface area contributed by atoms with Crippen molar-refractivity contribution < 1.29 is 9.59 Å². The fraction of sp³-hybridized carbons (Fsp3) is 0.857. The molecule has 2 fully saturated rings. The van der Waals surface area contributed by atoms with Crippen LogP contribution < -0.4 is 5.32 Å². The molecule has 0 aromatic rings. The summed E-state index contributed by atoms with van der Waals surface area (Å²) in [6.07, 6.45) is 6.58. The van der Waals surface area contributed by atoms with Crippen molar-refractivity contribution in [2.75, 3.05) is 19.6 Å². The van der Waals surface area contributed by atoms with Crippen LogP contribution in [0.1, 0.15) is 45.4 Å². The first-order valence-corrected chi connectivity index (χ1v) is 7.17. The van der Waals surface area contributed by atoms with Gasteiger partial charge in [0.1, 0.15) is 5.78 Å². The molecule has 18 heavy (non-hydrogen) atoms. The maximum absolute atomic E-state index is 11.9. The first-order chi connectivity index (χ1) is 8.65. The molecule has 2 aliphatic rings. The first kappa shape index (κ1) is 13.5. The number of nitrogens with one attached hydrogen (secondary N) is 1. The van der Waals surface area contributed by atoms with E-state index >= 15 is 0 Å². The molecule has 1 aliphatic carbocycles. The molecular formula is C14H24N2O2. The molecule has 0 bridgehead atoms. The van der Waals surface area contributed by atoms with Crippen LogP contribution in [0.15, 0.2) is 0 Å². The first-order valence-electron chi connectivity index (χ1n) is 7.17. The third-order valence-corrected chi connectivity index (χ3v) is 4.25. The van der Waals surface area contributed by atoms with Crippen LogP contribution in [0, 0.1) is 5.92 Å². The van der Waals surface area contributed by atoms with E-state index in [1.54, 1.807) is 6.92 Å². The fourth-order valence-electron chi connectivity index (χ4n) is 3.04. The number of hydrogen-bond donors (Lipinski definition) is 1. The SMILES string of the molecule is CC(=O)C1CCN(CC(=O)NC2CCCC2)CC1. The lowest BCUT2D eigenvalue weighted by Gasteiger charge is -2.30. The van der Waals surface area contributed by atoms with Gasteiger partial charge in [0, 0.05) is 12.0 Å². The molecule has 4 heteroatoms. The molecule has 0 spiro atoms. The molecule has 0 radical (unpaired) electrons. The standard InChI is InChI=1S/C14H24N2O2/c1-11(17)12-6-8-16(9-7-12)10-14(18)15-13-4-2-3-5-13/h12-13H,2-10H2,1H3,(H,15,18). The van der Waals surface area contributed by atoms with Crippen LogP contribution in [0.25, 0.3) is 0 Å². The second kappa shape index (κ2) is 6.32. The maximum atomic E-state index is 11.9. The molecule has 102 valence electrons. The van der Waals surface area contributed by atoms with Gasteiger partial charge in [-0.3, -0.25) is 14.5 Å². The quantitative estimate of drug-likeness (QED) is 0.821. The van der Waals surface area contributed by atoms with Gasteiger partial charge >= 0.3 is 0 Å². The monoisotopic (exact) mass is 252 g/mol. The van der Waals surface area contributed by atoms with Crippen molar-refractivity contribution in [2.45, 2.75) is 51.5 Å². The number of carbonyl (C=O) groups excluding carboxylic acids is 2. The zero-order chi connectivity index (χ0) is 13.0. The highest BCUT2D eigenvalue weighted by Crippen LogP contribution is 2.19. The van der Waals surface area contributed by atoms with Gasteiger partial charge in [-0.25, -0.2) is 0 Å². The molecule has 0 aromatic carbocycles. The smallest absolute Gasteiger partial charge is 0.234 e. The van der Waals surface area contributed by atoms with Gasteiger partial charge in [0.2, 0.25) is 5.91 Å². The molecule has 2 rings (SSSR count). The third kappa shape index (κ3) is 3.80. The molecule has 0 atom stereocenters. The van der Waals surface area contributed by atoms with Crippen LogP contribution in [0.4, 0.5) is 0 Å². The van der Waals surface area contributed by atoms with E-state index in [-0.39, 0.29) is 11.8 Å². The van der Waals surface area contributed by atoms with Crippen molar-refractivity contribution in [1.82, 2.24) is 10.2 Å². The van der Waals surface area contributed by atoms with Crippen molar-refractivity contribution in [3.05, 3.63) is 0 Å². The van der Waals surface area contributed by atoms with Crippen LogP contribution in [0.3, 0.4) is 0 Å². The summed E-state index contributed by atoms with van der Waals surface area (Å²) in [4.78, 5) is 25.3. The van der Waals surface area contributed by atoms with E-state index in [9.17, 15) is 9.59 Å². The van der Waals surface area contributed by atoms with E-state index in [0.717, 1.165) is 38.8 Å². The summed E-state index contributed by atoms with van der Waals surface area (Å²) in [7, 11) is 0. The zero-order valence-corrected chi connectivity index (χ0v) is 11.3. The predicted octanol–water partition coefficient (Wildman–Crippen LogP) is 1.35. The minimum Gasteiger partial charge on any atom is -0.352 e. The number of hydrogen-bond acceptors (Lipinski definition) is 3. The van der Waals surface area contributed by atoms with Crippen LogP contribution >= 0.6 is 0 Å². The number of rotatable bonds is 4. The second-order valence-corrected chi connectivity index (χ2v) is 5.71. The van der Waals surface area contributed by atoms with Gasteiger partial charge in [-0.1, -0.05) is 12.8 Å². The Kier molecular flexibility index (Phi) is 4.75. The van der Waals surface area contributed by atoms with Gasteiger partial charge in [-0.15, -0.1) is 0 Å². The predicted molar refractivity (Wildman–Crippen MR) is 70.2 cm³/mol. The van der Waals surface area contributed by atoms with Gasteiger partial charge in [0.15, 0.2) is 0 Å². The zero-order valence-electron chi connectivity index (χ0n) is 11.3. The minimum atomic E-state index is 0.156. The lowest BCUT2D eigenvalue weighted by Crippen LogP contribution is -2.44. The van der Waals surface area contributed by atoms with Gasteiger partial charge in [-0.05, 0) is 45.7 Å². The molecule has 0 unspecified atom stereocenters. The van der Waals surface area contributed by atoms with Gasteiger partial charge < -0.3 is 5.32 Å². The van der Waals surface area contributed by atoms with Gasteiger partial charge in [-0.2, -0.15) is 0 Å². The Morgan fingerprint density at radius 2 is 1.72 bits per heavy atom. The summed E-state index contributed by atoms with van der Waals surface area (Å²) in [5, 5.41) is 3.11. The number of carbonyl (C=O) groups is 2. The number of ketones is 1. The summed E-state index contributed by atoms with van der Waals surface area (Å²) in [6, 6.07) is 0.409. The number of amides is 1. The lowest BCUT2D eigenvalue weighted by atomic mass is 9.93. The van der Waals surface area contributed by atoms with E-state index in [4.69, 9.17) is 0 Å². The molecule has 1 saturated heterocycles. The third-order valence-electron chi connectivity index (χ3n) is 4.25. The highest BCUT2D eigenvalue weighted by molar-refractivity contribution is 5.79. The van der Waals surface area contributed by atoms with Crippen molar-refractivity contribution in [3.63, 3.8) is 0 Å². The topological polar surface area (TPSA) is 49.4 Å². The summed E-state index contributed by atoms with van der Waals surface area (Å²) in [6.45, 7) is 3.93. The summed E-state index contributed by atoms with van der Waals surface area (Å²) in [5.41, 5.74) is 0. The van der Waals surface area contributed by atoms with Crippen molar-refractivity contribution >= 4 is 11.7 Å². The Morgan fingerprint density at radius 1 is 1.11 bits per heavy atom. The summed E-state index contributed by atoms with van der Waals surface area (Å²) < 4.78 is 0. The molecule has 1 aliphatic heterocycles. The van der Waals surface area contributed by atoms with Crippen molar-refractivity contribution in [2.24, 2.45) is 5.92 Å². The molecule has 1 heterocycles. The minimum absolute atomic E-state index is 0.156. The fourth-order valence-corrected chi connectivity index (χ4v) is 3.04. The van der Waals surface area contributed by atoms with E-state index < -0.39 is 0 Å². The Labute approximate surface area is 109 Å². The number of Topliss-reactive ketones (excluding diaryl/α,β-unsaturated/α-hetero) is 1. The Hall–Kier alpha value is -0.900. The van der Waals surface area contributed by atoms with Crippen molar-refractivity contribution in [3.8, 4) is 0 Å². The normalized spacial score (nSPS) is 23.2. The van der Waals surface area contributed by atoms with Gasteiger partial charge in [0.05, 0.1) is 6.54 Å². The second-order valence-electron chi connectivity index (χ2n) is 5.71. The molecule has 4 nitrogen and oxygen atoms in total. The molecule has 1 N–H and O–H groups in total. The number of piperidine rings is 1. The Bertz CT molecular complexity index is 303. The maximum Gasteiger partial charge on any atom is 0.234 e. The Morgan fingerprint density at radius 3 is 2.28 bits per heavy atom. The van der Waals surface area contributed by atoms with E-state index in [0.29, 0.717) is 18.4 Å². The van der Waals surface area contributed by atoms with Crippen LogP contribution in [-0.4, -0.2) is 42.3 Å².